The average Bonchev–Trinajstić information content (AvgIpc) is 3.14. The van der Waals surface area contributed by atoms with Crippen LogP contribution in [0.5, 0.6) is 0 Å². The van der Waals surface area contributed by atoms with E-state index in [9.17, 15) is 22.8 Å². The number of nitrogens with zero attached hydrogens (tertiary/aromatic N) is 2. The molecule has 164 valence electrons. The number of benzene rings is 2. The Morgan fingerprint density at radius 3 is 2.39 bits per heavy atom. The Labute approximate surface area is 177 Å². The van der Waals surface area contributed by atoms with Crippen molar-refractivity contribution in [3.8, 4) is 0 Å². The molecule has 3 atom stereocenters. The first kappa shape index (κ1) is 21.3. The fourth-order valence-corrected chi connectivity index (χ4v) is 4.18. The molecule has 0 radical (unpaired) electrons. The van der Waals surface area contributed by atoms with Gasteiger partial charge in [-0.15, -0.1) is 0 Å². The molecule has 4 rings (SSSR count). The monoisotopic (exact) mass is 433 g/mol. The van der Waals surface area contributed by atoms with E-state index in [0.717, 1.165) is 17.7 Å². The summed E-state index contributed by atoms with van der Waals surface area (Å²) in [4.78, 5) is 25.6. The molecule has 2 fully saturated rings. The fraction of sp³-hybridized carbons (Fsp3) is 0.364. The molecule has 1 N–H and O–H groups in total. The van der Waals surface area contributed by atoms with E-state index in [1.807, 2.05) is 35.3 Å². The van der Waals surface area contributed by atoms with Crippen LogP contribution in [0.2, 0.25) is 0 Å². The number of carbonyl (C=O) groups excluding carboxylic acids is 2. The predicted molar refractivity (Wildman–Crippen MR) is 105 cm³/mol. The molecule has 31 heavy (non-hydrogen) atoms. The molecular weight excluding hydrogens is 411 g/mol. The molecule has 0 aromatic heterocycles. The van der Waals surface area contributed by atoms with Crippen molar-refractivity contribution in [1.29, 1.82) is 0 Å². The number of rotatable bonds is 4. The minimum Gasteiger partial charge on any atom is -0.465 e. The van der Waals surface area contributed by atoms with Crippen LogP contribution in [0.3, 0.4) is 0 Å². The number of nitrogens with one attached hydrogen (secondary N) is 1. The van der Waals surface area contributed by atoms with Crippen LogP contribution in [-0.4, -0.2) is 41.1 Å². The van der Waals surface area contributed by atoms with E-state index in [2.05, 4.69) is 5.32 Å². The highest BCUT2D eigenvalue weighted by atomic mass is 19.4. The maximum absolute atomic E-state index is 13.0. The van der Waals surface area contributed by atoms with Crippen LogP contribution in [0, 0.1) is 0 Å². The molecule has 2 aromatic rings. The highest BCUT2D eigenvalue weighted by Crippen LogP contribution is 2.40. The summed E-state index contributed by atoms with van der Waals surface area (Å²) >= 11 is 0. The standard InChI is InChI=1S/C22H22F3N3O3/c1-2-31-21(30)18-19(14-6-4-3-5-7-14)27-13-12-17(29)28(27)20(26-18)15-8-10-16(11-9-15)22(23,24)25/h3-11,18-20,26H,2,12-13H2,1H3. The molecule has 0 aliphatic carbocycles. The van der Waals surface area contributed by atoms with Gasteiger partial charge in [-0.3, -0.25) is 19.9 Å². The second-order valence-electron chi connectivity index (χ2n) is 7.43. The lowest BCUT2D eigenvalue weighted by atomic mass is 9.95. The second kappa shape index (κ2) is 8.32. The number of hydrogen-bond donors (Lipinski definition) is 1. The van der Waals surface area contributed by atoms with E-state index < -0.39 is 36.0 Å². The molecule has 2 heterocycles. The summed E-state index contributed by atoms with van der Waals surface area (Å²) < 4.78 is 44.2. The van der Waals surface area contributed by atoms with E-state index >= 15 is 0 Å². The lowest BCUT2D eigenvalue weighted by molar-refractivity contribution is -0.174. The smallest absolute Gasteiger partial charge is 0.416 e. The van der Waals surface area contributed by atoms with E-state index in [4.69, 9.17) is 4.74 Å². The summed E-state index contributed by atoms with van der Waals surface area (Å²) in [6.07, 6.45) is -5.00. The molecule has 0 spiro atoms. The molecule has 0 saturated carbocycles. The van der Waals surface area contributed by atoms with E-state index in [0.29, 0.717) is 12.1 Å². The van der Waals surface area contributed by atoms with Crippen molar-refractivity contribution < 1.29 is 27.5 Å². The topological polar surface area (TPSA) is 61.9 Å². The van der Waals surface area contributed by atoms with Crippen LogP contribution in [-0.2, 0) is 20.5 Å². The van der Waals surface area contributed by atoms with Gasteiger partial charge in [0.1, 0.15) is 12.2 Å². The zero-order valence-electron chi connectivity index (χ0n) is 16.8. The first-order chi connectivity index (χ1) is 14.8. The number of esters is 1. The summed E-state index contributed by atoms with van der Waals surface area (Å²) in [5.74, 6) is -0.645. The van der Waals surface area contributed by atoms with Gasteiger partial charge in [-0.25, -0.2) is 5.01 Å². The van der Waals surface area contributed by atoms with E-state index in [-0.39, 0.29) is 18.9 Å². The molecule has 9 heteroatoms. The van der Waals surface area contributed by atoms with Crippen LogP contribution in [0.15, 0.2) is 54.6 Å². The van der Waals surface area contributed by atoms with E-state index in [1.165, 1.54) is 17.1 Å². The Kier molecular flexibility index (Phi) is 5.72. The number of fused-ring (bicyclic) bond motifs is 1. The van der Waals surface area contributed by atoms with Gasteiger partial charge < -0.3 is 4.74 Å². The van der Waals surface area contributed by atoms with E-state index in [1.54, 1.807) is 6.92 Å². The van der Waals surface area contributed by atoms with Crippen molar-refractivity contribution in [3.05, 3.63) is 71.3 Å². The Morgan fingerprint density at radius 1 is 1.10 bits per heavy atom. The minimum absolute atomic E-state index is 0.166. The van der Waals surface area contributed by atoms with Gasteiger partial charge in [-0.1, -0.05) is 42.5 Å². The first-order valence-corrected chi connectivity index (χ1v) is 10.0. The molecule has 0 bridgehead atoms. The van der Waals surface area contributed by atoms with Gasteiger partial charge in [0.15, 0.2) is 0 Å². The van der Waals surface area contributed by atoms with Crippen LogP contribution < -0.4 is 5.32 Å². The molecular formula is C22H22F3N3O3. The Balaban J connectivity index is 1.74. The SMILES string of the molecule is CCOC(=O)C1NC(c2ccc(C(F)(F)F)cc2)N2C(=O)CCN2C1c1ccccc1. The number of hydrogen-bond acceptors (Lipinski definition) is 5. The van der Waals surface area contributed by atoms with Gasteiger partial charge in [0, 0.05) is 13.0 Å². The molecule has 2 saturated heterocycles. The quantitative estimate of drug-likeness (QED) is 0.749. The number of hydrazine groups is 1. The second-order valence-corrected chi connectivity index (χ2v) is 7.43. The number of halogens is 3. The van der Waals surface area contributed by atoms with Crippen LogP contribution in [0.4, 0.5) is 13.2 Å². The Hall–Kier alpha value is -2.91. The lowest BCUT2D eigenvalue weighted by Gasteiger charge is -2.48. The fourth-order valence-electron chi connectivity index (χ4n) is 4.18. The summed E-state index contributed by atoms with van der Waals surface area (Å²) in [5.41, 5.74) is 0.508. The van der Waals surface area contributed by atoms with Crippen molar-refractivity contribution in [2.75, 3.05) is 13.2 Å². The maximum Gasteiger partial charge on any atom is 0.416 e. The van der Waals surface area contributed by atoms with Crippen LogP contribution >= 0.6 is 0 Å². The van der Waals surface area contributed by atoms with Gasteiger partial charge in [-0.2, -0.15) is 13.2 Å². The Morgan fingerprint density at radius 2 is 1.77 bits per heavy atom. The summed E-state index contributed by atoms with van der Waals surface area (Å²) in [5, 5.41) is 6.50. The van der Waals surface area contributed by atoms with Gasteiger partial charge in [-0.05, 0) is 30.2 Å². The third-order valence-corrected chi connectivity index (χ3v) is 5.54. The molecule has 1 amide bonds. The normalized spacial score (nSPS) is 24.2. The van der Waals surface area contributed by atoms with Gasteiger partial charge in [0.05, 0.1) is 18.2 Å². The molecule has 6 nitrogen and oxygen atoms in total. The predicted octanol–water partition coefficient (Wildman–Crippen LogP) is 3.43. The third kappa shape index (κ3) is 4.03. The zero-order valence-corrected chi connectivity index (χ0v) is 16.8. The minimum atomic E-state index is -4.46. The van der Waals surface area contributed by atoms with Gasteiger partial charge >= 0.3 is 12.1 Å². The highest BCUT2D eigenvalue weighted by molar-refractivity contribution is 5.81. The number of ether oxygens (including phenoxy) is 1. The lowest BCUT2D eigenvalue weighted by Crippen LogP contribution is -2.63. The average molecular weight is 433 g/mol. The third-order valence-electron chi connectivity index (χ3n) is 5.54. The van der Waals surface area contributed by atoms with Gasteiger partial charge in [0.25, 0.3) is 0 Å². The Bertz CT molecular complexity index is 950. The first-order valence-electron chi connectivity index (χ1n) is 10.0. The van der Waals surface area contributed by atoms with Crippen LogP contribution in [0.1, 0.15) is 42.2 Å². The number of amides is 1. The van der Waals surface area contributed by atoms with Gasteiger partial charge in [0.2, 0.25) is 5.91 Å². The molecule has 3 unspecified atom stereocenters. The van der Waals surface area contributed by atoms with Crippen LogP contribution in [0.25, 0.3) is 0 Å². The number of alkyl halides is 3. The van der Waals surface area contributed by atoms with Crippen molar-refractivity contribution in [2.24, 2.45) is 0 Å². The highest BCUT2D eigenvalue weighted by Gasteiger charge is 2.50. The summed E-state index contributed by atoms with van der Waals surface area (Å²) in [7, 11) is 0. The number of carbonyl (C=O) groups is 2. The van der Waals surface area contributed by atoms with Crippen molar-refractivity contribution in [2.45, 2.75) is 37.8 Å². The summed E-state index contributed by atoms with van der Waals surface area (Å²) in [6.45, 7) is 2.29. The molecule has 2 aromatic carbocycles. The largest absolute Gasteiger partial charge is 0.465 e. The molecule has 2 aliphatic rings. The molecule has 2 aliphatic heterocycles. The van der Waals surface area contributed by atoms with Crippen molar-refractivity contribution in [3.63, 3.8) is 0 Å². The van der Waals surface area contributed by atoms with Crippen molar-refractivity contribution in [1.82, 2.24) is 15.3 Å². The zero-order chi connectivity index (χ0) is 22.2. The maximum atomic E-state index is 13.0. The summed E-state index contributed by atoms with van der Waals surface area (Å²) in [6, 6.07) is 12.6. The van der Waals surface area contributed by atoms with Crippen molar-refractivity contribution >= 4 is 11.9 Å².